The van der Waals surface area contributed by atoms with E-state index in [-0.39, 0.29) is 17.8 Å². The monoisotopic (exact) mass is 347 g/mol. The molecule has 26 heavy (non-hydrogen) atoms. The minimum Gasteiger partial charge on any atom is -0.504 e. The van der Waals surface area contributed by atoms with E-state index in [0.29, 0.717) is 11.2 Å². The molecule has 0 fully saturated rings. The molecule has 1 heterocycles. The minimum atomic E-state index is -0.239. The van der Waals surface area contributed by atoms with Crippen LogP contribution in [0.4, 0.5) is 10.5 Å². The summed E-state index contributed by atoms with van der Waals surface area (Å²) in [6, 6.07) is 15.3. The number of anilines is 1. The van der Waals surface area contributed by atoms with Crippen molar-refractivity contribution in [1.82, 2.24) is 9.88 Å². The molecular weight excluding hydrogens is 326 g/mol. The van der Waals surface area contributed by atoms with Gasteiger partial charge in [-0.15, -0.1) is 0 Å². The first-order valence-corrected chi connectivity index (χ1v) is 8.83. The molecule has 0 spiro atoms. The number of urea groups is 1. The summed E-state index contributed by atoms with van der Waals surface area (Å²) in [4.78, 5) is 18.7. The highest BCUT2D eigenvalue weighted by Gasteiger charge is 2.27. The number of hydrogen-bond donors (Lipinski definition) is 2. The molecule has 5 nitrogen and oxygen atoms in total. The Labute approximate surface area is 152 Å². The first-order chi connectivity index (χ1) is 12.6. The molecule has 2 amide bonds. The lowest BCUT2D eigenvalue weighted by Crippen LogP contribution is -2.36. The van der Waals surface area contributed by atoms with Gasteiger partial charge in [-0.3, -0.25) is 4.98 Å². The van der Waals surface area contributed by atoms with Gasteiger partial charge in [0.05, 0.1) is 11.7 Å². The zero-order valence-electron chi connectivity index (χ0n) is 14.6. The molecule has 2 aromatic carbocycles. The summed E-state index contributed by atoms with van der Waals surface area (Å²) in [5, 5.41) is 14.1. The van der Waals surface area contributed by atoms with Gasteiger partial charge in [-0.2, -0.15) is 0 Å². The highest BCUT2D eigenvalue weighted by atomic mass is 16.3. The molecule has 132 valence electrons. The zero-order chi connectivity index (χ0) is 18.1. The molecule has 0 bridgehead atoms. The number of benzene rings is 2. The third kappa shape index (κ3) is 2.86. The van der Waals surface area contributed by atoms with Crippen molar-refractivity contribution in [3.63, 3.8) is 0 Å². The average molecular weight is 347 g/mol. The molecule has 1 aromatic heterocycles. The lowest BCUT2D eigenvalue weighted by Gasteiger charge is -2.33. The molecule has 2 N–H and O–H groups in total. The van der Waals surface area contributed by atoms with Gasteiger partial charge >= 0.3 is 6.03 Å². The molecule has 1 aliphatic rings. The lowest BCUT2D eigenvalue weighted by atomic mass is 9.87. The van der Waals surface area contributed by atoms with Gasteiger partial charge < -0.3 is 15.3 Å². The summed E-state index contributed by atoms with van der Waals surface area (Å²) >= 11 is 0. The van der Waals surface area contributed by atoms with Crippen molar-refractivity contribution in [2.24, 2.45) is 0 Å². The Hall–Kier alpha value is -3.08. The van der Waals surface area contributed by atoms with Crippen molar-refractivity contribution >= 4 is 22.6 Å². The van der Waals surface area contributed by atoms with Crippen LogP contribution in [0.25, 0.3) is 10.9 Å². The van der Waals surface area contributed by atoms with Gasteiger partial charge in [0, 0.05) is 18.6 Å². The molecule has 1 aliphatic carbocycles. The Morgan fingerprint density at radius 2 is 2.04 bits per heavy atom. The highest BCUT2D eigenvalue weighted by Crippen LogP contribution is 2.35. The second-order valence-electron chi connectivity index (χ2n) is 6.68. The molecule has 1 unspecified atom stereocenters. The van der Waals surface area contributed by atoms with Crippen molar-refractivity contribution in [2.75, 3.05) is 12.4 Å². The molecule has 5 heteroatoms. The summed E-state index contributed by atoms with van der Waals surface area (Å²) in [7, 11) is 1.80. The summed E-state index contributed by atoms with van der Waals surface area (Å²) in [6.07, 6.45) is 4.68. The predicted octanol–water partition coefficient (Wildman–Crippen LogP) is 4.48. The largest absolute Gasteiger partial charge is 0.504 e. The van der Waals surface area contributed by atoms with Crippen LogP contribution in [0.2, 0.25) is 0 Å². The smallest absolute Gasteiger partial charge is 0.322 e. The second kappa shape index (κ2) is 6.67. The van der Waals surface area contributed by atoms with Crippen molar-refractivity contribution in [3.05, 3.63) is 65.9 Å². The number of aromatic nitrogens is 1. The van der Waals surface area contributed by atoms with E-state index in [0.717, 1.165) is 24.6 Å². The fraction of sp³-hybridized carbons (Fsp3) is 0.238. The Morgan fingerprint density at radius 1 is 1.19 bits per heavy atom. The third-order valence-electron chi connectivity index (χ3n) is 5.12. The fourth-order valence-electron chi connectivity index (χ4n) is 3.71. The van der Waals surface area contributed by atoms with Gasteiger partial charge in [0.15, 0.2) is 5.75 Å². The Kier molecular flexibility index (Phi) is 4.21. The van der Waals surface area contributed by atoms with Gasteiger partial charge in [0.1, 0.15) is 5.52 Å². The molecule has 0 saturated carbocycles. The van der Waals surface area contributed by atoms with Crippen molar-refractivity contribution in [2.45, 2.75) is 25.3 Å². The van der Waals surface area contributed by atoms with E-state index in [1.54, 1.807) is 24.2 Å². The van der Waals surface area contributed by atoms with Crippen LogP contribution in [0.15, 0.2) is 54.7 Å². The SMILES string of the molecule is CN(C(=O)Nc1ccc2cccnc2c1O)C1CCCc2ccccc21. The van der Waals surface area contributed by atoms with E-state index in [1.165, 1.54) is 11.1 Å². The van der Waals surface area contributed by atoms with Crippen LogP contribution in [-0.2, 0) is 6.42 Å². The van der Waals surface area contributed by atoms with Crippen molar-refractivity contribution < 1.29 is 9.90 Å². The fourth-order valence-corrected chi connectivity index (χ4v) is 3.71. The van der Waals surface area contributed by atoms with E-state index < -0.39 is 0 Å². The molecule has 0 radical (unpaired) electrons. The Bertz CT molecular complexity index is 970. The minimum absolute atomic E-state index is 0.00565. The van der Waals surface area contributed by atoms with E-state index in [2.05, 4.69) is 22.4 Å². The van der Waals surface area contributed by atoms with Crippen LogP contribution >= 0.6 is 0 Å². The van der Waals surface area contributed by atoms with Gasteiger partial charge in [-0.25, -0.2) is 4.79 Å². The summed E-state index contributed by atoms with van der Waals surface area (Å²) < 4.78 is 0. The molecular formula is C21H21N3O2. The summed E-state index contributed by atoms with van der Waals surface area (Å²) in [5.41, 5.74) is 3.37. The van der Waals surface area contributed by atoms with Gasteiger partial charge in [-0.1, -0.05) is 36.4 Å². The maximum atomic E-state index is 12.8. The lowest BCUT2D eigenvalue weighted by molar-refractivity contribution is 0.197. The predicted molar refractivity (Wildman–Crippen MR) is 102 cm³/mol. The van der Waals surface area contributed by atoms with E-state index in [4.69, 9.17) is 0 Å². The number of nitrogens with one attached hydrogen (secondary N) is 1. The van der Waals surface area contributed by atoms with Gasteiger partial charge in [-0.05, 0) is 42.5 Å². The quantitative estimate of drug-likeness (QED) is 0.672. The van der Waals surface area contributed by atoms with E-state index >= 15 is 0 Å². The van der Waals surface area contributed by atoms with E-state index in [1.807, 2.05) is 30.3 Å². The number of phenols is 1. The number of aryl methyl sites for hydroxylation is 1. The molecule has 0 saturated heterocycles. The molecule has 3 aromatic rings. The number of pyridine rings is 1. The van der Waals surface area contributed by atoms with Gasteiger partial charge in [0.25, 0.3) is 0 Å². The number of phenolic OH excluding ortho intramolecular Hbond substituents is 1. The third-order valence-corrected chi connectivity index (χ3v) is 5.12. The normalized spacial score (nSPS) is 16.1. The number of rotatable bonds is 2. The van der Waals surface area contributed by atoms with Crippen molar-refractivity contribution in [1.29, 1.82) is 0 Å². The average Bonchev–Trinajstić information content (AvgIpc) is 2.69. The first-order valence-electron chi connectivity index (χ1n) is 8.83. The van der Waals surface area contributed by atoms with Crippen LogP contribution < -0.4 is 5.32 Å². The van der Waals surface area contributed by atoms with Crippen LogP contribution in [-0.4, -0.2) is 28.1 Å². The maximum absolute atomic E-state index is 12.8. The number of carbonyl (C=O) groups excluding carboxylic acids is 1. The number of fused-ring (bicyclic) bond motifs is 2. The Balaban J connectivity index is 1.58. The molecule has 0 aliphatic heterocycles. The number of nitrogens with zero attached hydrogens (tertiary/aromatic N) is 2. The second-order valence-corrected chi connectivity index (χ2v) is 6.68. The molecule has 1 atom stereocenters. The van der Waals surface area contributed by atoms with Crippen LogP contribution in [0.1, 0.15) is 30.0 Å². The Morgan fingerprint density at radius 3 is 2.92 bits per heavy atom. The van der Waals surface area contributed by atoms with E-state index in [9.17, 15) is 9.90 Å². The number of hydrogen-bond acceptors (Lipinski definition) is 3. The topological polar surface area (TPSA) is 65.5 Å². The van der Waals surface area contributed by atoms with Gasteiger partial charge in [0.2, 0.25) is 0 Å². The number of amides is 2. The zero-order valence-corrected chi connectivity index (χ0v) is 14.6. The number of aromatic hydroxyl groups is 1. The first kappa shape index (κ1) is 16.4. The number of carbonyl (C=O) groups is 1. The van der Waals surface area contributed by atoms with Crippen LogP contribution in [0, 0.1) is 0 Å². The maximum Gasteiger partial charge on any atom is 0.322 e. The summed E-state index contributed by atoms with van der Waals surface area (Å²) in [5.74, 6) is -0.00565. The standard InChI is InChI=1S/C21H21N3O2/c1-24(18-10-4-7-14-6-2-3-9-16(14)18)21(26)23-17-12-11-15-8-5-13-22-19(15)20(17)25/h2-3,5-6,8-9,11-13,18,25H,4,7,10H2,1H3,(H,23,26). The summed E-state index contributed by atoms with van der Waals surface area (Å²) in [6.45, 7) is 0. The van der Waals surface area contributed by atoms with Crippen LogP contribution in [0.5, 0.6) is 5.75 Å². The highest BCUT2D eigenvalue weighted by molar-refractivity contribution is 5.97. The van der Waals surface area contributed by atoms with Crippen molar-refractivity contribution in [3.8, 4) is 5.75 Å². The molecule has 4 rings (SSSR count). The van der Waals surface area contributed by atoms with Crippen LogP contribution in [0.3, 0.4) is 0 Å².